The Morgan fingerprint density at radius 3 is 2.83 bits per heavy atom. The predicted molar refractivity (Wildman–Crippen MR) is 79.1 cm³/mol. The Bertz CT molecular complexity index is 268. The molecule has 0 bridgehead atoms. The Balaban J connectivity index is 1.65. The number of hydrogen-bond acceptors (Lipinski definition) is 4. The minimum Gasteiger partial charge on any atom is -0.329 e. The molecule has 18 heavy (non-hydrogen) atoms. The van der Waals surface area contributed by atoms with E-state index in [1.165, 1.54) is 63.4 Å². The van der Waals surface area contributed by atoms with Crippen molar-refractivity contribution in [3.63, 3.8) is 0 Å². The van der Waals surface area contributed by atoms with Crippen LogP contribution in [0.1, 0.15) is 25.7 Å². The van der Waals surface area contributed by atoms with Crippen LogP contribution in [0.15, 0.2) is 0 Å². The predicted octanol–water partition coefficient (Wildman–Crippen LogP) is 1.24. The van der Waals surface area contributed by atoms with Crippen molar-refractivity contribution in [2.75, 3.05) is 44.2 Å². The third kappa shape index (κ3) is 2.72. The van der Waals surface area contributed by atoms with Gasteiger partial charge < -0.3 is 5.73 Å². The SMILES string of the molecule is NCC(C1CCSC1)N1CCCN2CCCC2C1. The Morgan fingerprint density at radius 1 is 1.17 bits per heavy atom. The molecule has 3 unspecified atom stereocenters. The summed E-state index contributed by atoms with van der Waals surface area (Å²) in [5.74, 6) is 3.55. The molecule has 104 valence electrons. The second kappa shape index (κ2) is 6.12. The molecule has 0 spiro atoms. The Labute approximate surface area is 115 Å². The van der Waals surface area contributed by atoms with Crippen molar-refractivity contribution >= 4 is 11.8 Å². The number of fused-ring (bicyclic) bond motifs is 1. The number of hydrogen-bond donors (Lipinski definition) is 1. The molecule has 3 aliphatic heterocycles. The van der Waals surface area contributed by atoms with Gasteiger partial charge in [-0.25, -0.2) is 0 Å². The van der Waals surface area contributed by atoms with Crippen LogP contribution in [0.5, 0.6) is 0 Å². The van der Waals surface area contributed by atoms with Crippen molar-refractivity contribution < 1.29 is 0 Å². The molecule has 0 amide bonds. The number of nitrogens with zero attached hydrogens (tertiary/aromatic N) is 2. The standard InChI is InChI=1S/C14H27N3S/c15-9-14(12-4-8-18-11-12)17-7-2-6-16-5-1-3-13(16)10-17/h12-14H,1-11,15H2. The molecule has 0 aliphatic carbocycles. The zero-order valence-electron chi connectivity index (χ0n) is 11.4. The fourth-order valence-corrected chi connectivity index (χ4v) is 5.36. The summed E-state index contributed by atoms with van der Waals surface area (Å²) in [7, 11) is 0. The van der Waals surface area contributed by atoms with E-state index in [-0.39, 0.29) is 0 Å². The molecular weight excluding hydrogens is 242 g/mol. The van der Waals surface area contributed by atoms with Crippen LogP contribution in [0, 0.1) is 5.92 Å². The normalized spacial score (nSPS) is 36.5. The van der Waals surface area contributed by atoms with Gasteiger partial charge in [0.1, 0.15) is 0 Å². The highest BCUT2D eigenvalue weighted by molar-refractivity contribution is 7.99. The van der Waals surface area contributed by atoms with Gasteiger partial charge in [0, 0.05) is 25.2 Å². The van der Waals surface area contributed by atoms with Crippen molar-refractivity contribution in [1.82, 2.24) is 9.80 Å². The van der Waals surface area contributed by atoms with E-state index in [1.54, 1.807) is 0 Å². The maximum atomic E-state index is 6.11. The lowest BCUT2D eigenvalue weighted by molar-refractivity contribution is 0.140. The van der Waals surface area contributed by atoms with E-state index >= 15 is 0 Å². The van der Waals surface area contributed by atoms with Crippen LogP contribution in [-0.4, -0.2) is 66.1 Å². The van der Waals surface area contributed by atoms with Crippen LogP contribution in [0.25, 0.3) is 0 Å². The maximum Gasteiger partial charge on any atom is 0.0255 e. The van der Waals surface area contributed by atoms with E-state index < -0.39 is 0 Å². The van der Waals surface area contributed by atoms with Crippen LogP contribution in [0.3, 0.4) is 0 Å². The summed E-state index contributed by atoms with van der Waals surface area (Å²) in [5, 5.41) is 0. The van der Waals surface area contributed by atoms with Gasteiger partial charge in [-0.2, -0.15) is 11.8 Å². The molecule has 3 rings (SSSR count). The molecule has 3 aliphatic rings. The van der Waals surface area contributed by atoms with E-state index in [1.807, 2.05) is 0 Å². The Morgan fingerprint density at radius 2 is 2.06 bits per heavy atom. The van der Waals surface area contributed by atoms with Crippen molar-refractivity contribution in [1.29, 1.82) is 0 Å². The molecule has 3 fully saturated rings. The lowest BCUT2D eigenvalue weighted by Crippen LogP contribution is -2.49. The minimum atomic E-state index is 0.653. The zero-order chi connectivity index (χ0) is 12.4. The largest absolute Gasteiger partial charge is 0.329 e. The van der Waals surface area contributed by atoms with Gasteiger partial charge in [0.05, 0.1) is 0 Å². The zero-order valence-corrected chi connectivity index (χ0v) is 12.2. The highest BCUT2D eigenvalue weighted by Crippen LogP contribution is 2.30. The van der Waals surface area contributed by atoms with Gasteiger partial charge in [0.2, 0.25) is 0 Å². The molecule has 3 heterocycles. The average Bonchev–Trinajstić information content (AvgIpc) is 3.00. The van der Waals surface area contributed by atoms with Crippen LogP contribution in [0.2, 0.25) is 0 Å². The van der Waals surface area contributed by atoms with Crippen LogP contribution in [-0.2, 0) is 0 Å². The highest BCUT2D eigenvalue weighted by atomic mass is 32.2. The summed E-state index contributed by atoms with van der Waals surface area (Å²) in [6.07, 6.45) is 5.54. The highest BCUT2D eigenvalue weighted by Gasteiger charge is 2.34. The van der Waals surface area contributed by atoms with Crippen LogP contribution < -0.4 is 5.73 Å². The third-order valence-corrected chi connectivity index (χ3v) is 6.24. The molecule has 3 nitrogen and oxygen atoms in total. The Kier molecular flexibility index (Phi) is 4.50. The second-order valence-electron chi connectivity index (χ2n) is 6.11. The first-order valence-corrected chi connectivity index (χ1v) is 8.80. The van der Waals surface area contributed by atoms with Gasteiger partial charge in [0.25, 0.3) is 0 Å². The quantitative estimate of drug-likeness (QED) is 0.835. The van der Waals surface area contributed by atoms with Crippen molar-refractivity contribution in [2.24, 2.45) is 11.7 Å². The molecule has 0 aromatic heterocycles. The third-order valence-electron chi connectivity index (χ3n) is 5.05. The molecule has 0 aromatic rings. The smallest absolute Gasteiger partial charge is 0.0255 e. The van der Waals surface area contributed by atoms with E-state index in [2.05, 4.69) is 21.6 Å². The van der Waals surface area contributed by atoms with Gasteiger partial charge in [-0.05, 0) is 62.7 Å². The molecule has 3 saturated heterocycles. The summed E-state index contributed by atoms with van der Waals surface area (Å²) in [6.45, 7) is 6.07. The lowest BCUT2D eigenvalue weighted by atomic mass is 9.97. The summed E-state index contributed by atoms with van der Waals surface area (Å²) >= 11 is 2.12. The number of rotatable bonds is 3. The molecule has 0 radical (unpaired) electrons. The first-order chi connectivity index (χ1) is 8.88. The van der Waals surface area contributed by atoms with Gasteiger partial charge in [-0.3, -0.25) is 9.80 Å². The molecule has 2 N–H and O–H groups in total. The van der Waals surface area contributed by atoms with Crippen molar-refractivity contribution in [2.45, 2.75) is 37.8 Å². The maximum absolute atomic E-state index is 6.11. The molecule has 0 saturated carbocycles. The topological polar surface area (TPSA) is 32.5 Å². The van der Waals surface area contributed by atoms with E-state index in [9.17, 15) is 0 Å². The molecule has 4 heteroatoms. The van der Waals surface area contributed by atoms with Gasteiger partial charge in [-0.15, -0.1) is 0 Å². The van der Waals surface area contributed by atoms with Gasteiger partial charge in [0.15, 0.2) is 0 Å². The van der Waals surface area contributed by atoms with Crippen LogP contribution in [0.4, 0.5) is 0 Å². The lowest BCUT2D eigenvalue weighted by Gasteiger charge is -2.35. The molecular formula is C14H27N3S. The fourth-order valence-electron chi connectivity index (χ4n) is 4.03. The van der Waals surface area contributed by atoms with Gasteiger partial charge in [-0.1, -0.05) is 0 Å². The monoisotopic (exact) mass is 269 g/mol. The number of thioether (sulfide) groups is 1. The van der Waals surface area contributed by atoms with Crippen LogP contribution >= 0.6 is 11.8 Å². The second-order valence-corrected chi connectivity index (χ2v) is 7.26. The average molecular weight is 269 g/mol. The minimum absolute atomic E-state index is 0.653. The summed E-state index contributed by atoms with van der Waals surface area (Å²) < 4.78 is 0. The Hall–Kier alpha value is 0.230. The molecule has 0 aromatic carbocycles. The van der Waals surface area contributed by atoms with E-state index in [0.717, 1.165) is 18.5 Å². The van der Waals surface area contributed by atoms with E-state index in [4.69, 9.17) is 5.73 Å². The summed E-state index contributed by atoms with van der Waals surface area (Å²) in [4.78, 5) is 5.46. The summed E-state index contributed by atoms with van der Waals surface area (Å²) in [5.41, 5.74) is 6.11. The van der Waals surface area contributed by atoms with Crippen molar-refractivity contribution in [3.8, 4) is 0 Å². The number of nitrogens with two attached hydrogens (primary N) is 1. The van der Waals surface area contributed by atoms with Gasteiger partial charge >= 0.3 is 0 Å². The first-order valence-electron chi connectivity index (χ1n) is 7.64. The molecule has 3 atom stereocenters. The first kappa shape index (κ1) is 13.2. The van der Waals surface area contributed by atoms with Crippen molar-refractivity contribution in [3.05, 3.63) is 0 Å². The fraction of sp³-hybridized carbons (Fsp3) is 1.00. The van der Waals surface area contributed by atoms with E-state index in [0.29, 0.717) is 6.04 Å². The summed E-state index contributed by atoms with van der Waals surface area (Å²) in [6, 6.07) is 1.48.